The van der Waals surface area contributed by atoms with E-state index < -0.39 is 0 Å². The zero-order chi connectivity index (χ0) is 8.67. The minimum atomic E-state index is 0.984. The lowest BCUT2D eigenvalue weighted by Crippen LogP contribution is -2.44. The molecular weight excluding hydrogens is 160 g/mol. The maximum atomic E-state index is 3.35. The predicted octanol–water partition coefficient (Wildman–Crippen LogP) is 1.08. The molecule has 2 saturated heterocycles. The van der Waals surface area contributed by atoms with Crippen LogP contribution in [0.1, 0.15) is 25.7 Å². The van der Waals surface area contributed by atoms with Crippen molar-refractivity contribution in [3.63, 3.8) is 0 Å². The van der Waals surface area contributed by atoms with E-state index in [1.807, 2.05) is 0 Å². The quantitative estimate of drug-likeness (QED) is 0.699. The third-order valence-electron chi connectivity index (χ3n) is 4.21. The molecule has 0 aromatic carbocycles. The van der Waals surface area contributed by atoms with Gasteiger partial charge in [-0.3, -0.25) is 0 Å². The Morgan fingerprint density at radius 1 is 1.23 bits per heavy atom. The zero-order valence-electron chi connectivity index (χ0n) is 8.34. The zero-order valence-corrected chi connectivity index (χ0v) is 8.34. The number of hydrogen-bond donors (Lipinski definition) is 1. The molecular formula is C11H20N2. The summed E-state index contributed by atoms with van der Waals surface area (Å²) in [6.07, 6.45) is 5.97. The molecule has 13 heavy (non-hydrogen) atoms. The number of piperidine rings is 1. The highest BCUT2D eigenvalue weighted by Crippen LogP contribution is 2.37. The summed E-state index contributed by atoms with van der Waals surface area (Å²) in [5.74, 6) is 2.07. The summed E-state index contributed by atoms with van der Waals surface area (Å²) >= 11 is 0. The van der Waals surface area contributed by atoms with E-state index in [0.717, 1.165) is 17.9 Å². The molecule has 0 aromatic heterocycles. The smallest absolute Gasteiger partial charge is 0.00985 e. The van der Waals surface area contributed by atoms with Crippen molar-refractivity contribution < 1.29 is 0 Å². The first-order chi connectivity index (χ1) is 6.42. The summed E-state index contributed by atoms with van der Waals surface area (Å²) in [5, 5.41) is 3.35. The van der Waals surface area contributed by atoms with Gasteiger partial charge in [0.2, 0.25) is 0 Å². The van der Waals surface area contributed by atoms with E-state index in [9.17, 15) is 0 Å². The van der Waals surface area contributed by atoms with Crippen molar-refractivity contribution in [1.29, 1.82) is 0 Å². The number of nitrogens with one attached hydrogen (secondary N) is 1. The fourth-order valence-electron chi connectivity index (χ4n) is 3.20. The Morgan fingerprint density at radius 3 is 2.69 bits per heavy atom. The van der Waals surface area contributed by atoms with Gasteiger partial charge in [0.25, 0.3) is 0 Å². The molecule has 2 heterocycles. The molecule has 3 fully saturated rings. The van der Waals surface area contributed by atoms with Gasteiger partial charge in [0, 0.05) is 12.6 Å². The molecule has 1 N–H and O–H groups in total. The number of hydrogen-bond acceptors (Lipinski definition) is 2. The largest absolute Gasteiger partial charge is 0.316 e. The minimum Gasteiger partial charge on any atom is -0.316 e. The van der Waals surface area contributed by atoms with Crippen LogP contribution in [0.15, 0.2) is 0 Å². The van der Waals surface area contributed by atoms with Crippen LogP contribution in [0.5, 0.6) is 0 Å². The van der Waals surface area contributed by atoms with Gasteiger partial charge in [-0.1, -0.05) is 0 Å². The van der Waals surface area contributed by atoms with Crippen LogP contribution >= 0.6 is 0 Å². The molecule has 2 aliphatic heterocycles. The Hall–Kier alpha value is -0.0800. The Kier molecular flexibility index (Phi) is 2.06. The van der Waals surface area contributed by atoms with Gasteiger partial charge in [-0.05, 0) is 57.2 Å². The van der Waals surface area contributed by atoms with Crippen LogP contribution in [0.4, 0.5) is 0 Å². The maximum Gasteiger partial charge on any atom is 0.00985 e. The minimum absolute atomic E-state index is 0.984. The molecule has 1 saturated carbocycles. The summed E-state index contributed by atoms with van der Waals surface area (Å²) in [6, 6.07) is 0.984. The van der Waals surface area contributed by atoms with Gasteiger partial charge in [-0.2, -0.15) is 0 Å². The molecule has 74 valence electrons. The van der Waals surface area contributed by atoms with Crippen LogP contribution in [-0.2, 0) is 0 Å². The van der Waals surface area contributed by atoms with Crippen molar-refractivity contribution in [1.82, 2.24) is 10.2 Å². The average molecular weight is 180 g/mol. The number of likely N-dealkylation sites (tertiary alicyclic amines) is 1. The van der Waals surface area contributed by atoms with Crippen LogP contribution < -0.4 is 5.32 Å². The van der Waals surface area contributed by atoms with Gasteiger partial charge >= 0.3 is 0 Å². The fourth-order valence-corrected chi connectivity index (χ4v) is 3.20. The molecule has 2 heteroatoms. The van der Waals surface area contributed by atoms with E-state index in [1.165, 1.54) is 51.9 Å². The van der Waals surface area contributed by atoms with Crippen LogP contribution in [0, 0.1) is 11.8 Å². The predicted molar refractivity (Wildman–Crippen MR) is 53.7 cm³/mol. The van der Waals surface area contributed by atoms with Crippen molar-refractivity contribution in [3.8, 4) is 0 Å². The third kappa shape index (κ3) is 1.50. The Bertz CT molecular complexity index is 189. The van der Waals surface area contributed by atoms with E-state index in [1.54, 1.807) is 0 Å². The van der Waals surface area contributed by atoms with E-state index in [4.69, 9.17) is 0 Å². The van der Waals surface area contributed by atoms with E-state index in [2.05, 4.69) is 10.2 Å². The first-order valence-corrected chi connectivity index (χ1v) is 5.86. The fraction of sp³-hybridized carbons (Fsp3) is 1.00. The second-order valence-electron chi connectivity index (χ2n) is 5.14. The van der Waals surface area contributed by atoms with Gasteiger partial charge < -0.3 is 10.2 Å². The molecule has 2 bridgehead atoms. The summed E-state index contributed by atoms with van der Waals surface area (Å²) in [4.78, 5) is 2.76. The molecule has 2 atom stereocenters. The molecule has 0 aromatic rings. The maximum absolute atomic E-state index is 3.35. The van der Waals surface area contributed by atoms with Crippen molar-refractivity contribution >= 4 is 0 Å². The molecule has 3 rings (SSSR count). The summed E-state index contributed by atoms with van der Waals surface area (Å²) in [7, 11) is 0. The van der Waals surface area contributed by atoms with Crippen LogP contribution in [0.2, 0.25) is 0 Å². The standard InChI is InChI=1S/C11H20N2/c1-2-11-5-9(1)8-13(11)4-3-10-6-12-7-10/h9-12H,1-8H2. The van der Waals surface area contributed by atoms with Crippen LogP contribution in [0.25, 0.3) is 0 Å². The van der Waals surface area contributed by atoms with Crippen LogP contribution in [-0.4, -0.2) is 37.1 Å². The van der Waals surface area contributed by atoms with Crippen molar-refractivity contribution in [2.24, 2.45) is 11.8 Å². The van der Waals surface area contributed by atoms with E-state index >= 15 is 0 Å². The van der Waals surface area contributed by atoms with Gasteiger partial charge in [0.15, 0.2) is 0 Å². The molecule has 3 aliphatic rings. The van der Waals surface area contributed by atoms with E-state index in [-0.39, 0.29) is 0 Å². The van der Waals surface area contributed by atoms with Crippen molar-refractivity contribution in [2.75, 3.05) is 26.2 Å². The Balaban J connectivity index is 1.45. The Morgan fingerprint density at radius 2 is 2.15 bits per heavy atom. The van der Waals surface area contributed by atoms with Crippen LogP contribution in [0.3, 0.4) is 0 Å². The Labute approximate surface area is 80.7 Å². The number of nitrogens with zero attached hydrogens (tertiary/aromatic N) is 1. The number of rotatable bonds is 3. The van der Waals surface area contributed by atoms with Gasteiger partial charge in [-0.15, -0.1) is 0 Å². The lowest BCUT2D eigenvalue weighted by molar-refractivity contribution is 0.185. The van der Waals surface area contributed by atoms with Crippen molar-refractivity contribution in [3.05, 3.63) is 0 Å². The summed E-state index contributed by atoms with van der Waals surface area (Å²) in [5.41, 5.74) is 0. The number of fused-ring (bicyclic) bond motifs is 2. The normalized spacial score (nSPS) is 39.7. The topological polar surface area (TPSA) is 15.3 Å². The molecule has 0 radical (unpaired) electrons. The molecule has 0 spiro atoms. The van der Waals surface area contributed by atoms with E-state index in [0.29, 0.717) is 0 Å². The molecule has 2 nitrogen and oxygen atoms in total. The average Bonchev–Trinajstić information content (AvgIpc) is 2.61. The molecule has 0 amide bonds. The SMILES string of the molecule is C(CN1CC2CCC1C2)C1CNC1. The third-order valence-corrected chi connectivity index (χ3v) is 4.21. The van der Waals surface area contributed by atoms with Gasteiger partial charge in [0.05, 0.1) is 0 Å². The highest BCUT2D eigenvalue weighted by molar-refractivity contribution is 4.92. The molecule has 1 aliphatic carbocycles. The highest BCUT2D eigenvalue weighted by atomic mass is 15.2. The molecule has 2 unspecified atom stereocenters. The van der Waals surface area contributed by atoms with Gasteiger partial charge in [-0.25, -0.2) is 0 Å². The summed E-state index contributed by atoms with van der Waals surface area (Å²) < 4.78 is 0. The monoisotopic (exact) mass is 180 g/mol. The second-order valence-corrected chi connectivity index (χ2v) is 5.14. The van der Waals surface area contributed by atoms with Gasteiger partial charge in [0.1, 0.15) is 0 Å². The second kappa shape index (κ2) is 3.25. The summed E-state index contributed by atoms with van der Waals surface area (Å²) in [6.45, 7) is 5.36. The highest BCUT2D eigenvalue weighted by Gasteiger charge is 2.37. The lowest BCUT2D eigenvalue weighted by Gasteiger charge is -2.32. The first-order valence-electron chi connectivity index (χ1n) is 5.86. The lowest BCUT2D eigenvalue weighted by atomic mass is 9.98. The first kappa shape index (κ1) is 8.25. The van der Waals surface area contributed by atoms with Crippen molar-refractivity contribution in [2.45, 2.75) is 31.7 Å².